The second-order valence-corrected chi connectivity index (χ2v) is 10.6. The van der Waals surface area contributed by atoms with Crippen molar-refractivity contribution < 1.29 is 0 Å². The van der Waals surface area contributed by atoms with Crippen molar-refractivity contribution in [1.82, 2.24) is 0 Å². The van der Waals surface area contributed by atoms with Crippen LogP contribution in [0.25, 0.3) is 0 Å². The smallest absolute Gasteiger partial charge is 0.00453 e. The summed E-state index contributed by atoms with van der Waals surface area (Å²) >= 11 is 0. The van der Waals surface area contributed by atoms with Gasteiger partial charge >= 0.3 is 0 Å². The van der Waals surface area contributed by atoms with E-state index in [4.69, 9.17) is 0 Å². The van der Waals surface area contributed by atoms with Gasteiger partial charge in [0.25, 0.3) is 0 Å². The average Bonchev–Trinajstić information content (AvgIpc) is 2.16. The van der Waals surface area contributed by atoms with E-state index in [0.29, 0.717) is 0 Å². The maximum Gasteiger partial charge on any atom is 0.00453 e. The Morgan fingerprint density at radius 1 is 0.692 bits per heavy atom. The van der Waals surface area contributed by atoms with E-state index in [1.54, 1.807) is 0 Å². The zero-order valence-electron chi connectivity index (χ0n) is 8.28. The van der Waals surface area contributed by atoms with E-state index in [1.165, 1.54) is 37.2 Å². The Morgan fingerprint density at radius 2 is 1.15 bits per heavy atom. The normalized spacial score (nSPS) is 10.6. The van der Waals surface area contributed by atoms with Crippen molar-refractivity contribution in [2.45, 2.75) is 39.5 Å². The van der Waals surface area contributed by atoms with Crippen LogP contribution >= 0.6 is 51.1 Å². The first-order valence-electron chi connectivity index (χ1n) is 4.66. The van der Waals surface area contributed by atoms with Crippen molar-refractivity contribution in [2.24, 2.45) is 0 Å². The molecule has 0 N–H and O–H groups in total. The molecule has 0 saturated heterocycles. The molecule has 0 rings (SSSR count). The Hall–Kier alpha value is 1.75. The van der Waals surface area contributed by atoms with Crippen LogP contribution in [0.15, 0.2) is 0 Å². The largest absolute Gasteiger partial charge is 0.0817 e. The number of hydrogen-bond donors (Lipinski definition) is 0. The van der Waals surface area contributed by atoms with Crippen LogP contribution in [0.3, 0.4) is 0 Å². The second-order valence-electron chi connectivity index (χ2n) is 2.56. The van der Waals surface area contributed by atoms with Gasteiger partial charge in [-0.3, -0.25) is 0 Å². The summed E-state index contributed by atoms with van der Waals surface area (Å²) in [5.74, 6) is 2.60. The SMILES string of the molecule is CCCCSSSSSCCCC. The lowest BCUT2D eigenvalue weighted by atomic mass is 10.4. The third-order valence-corrected chi connectivity index (χ3v) is 10.2. The highest BCUT2D eigenvalue weighted by Gasteiger charge is 1.93. The maximum absolute atomic E-state index is 2.24. The molecule has 0 fully saturated rings. The van der Waals surface area contributed by atoms with Gasteiger partial charge in [-0.25, -0.2) is 0 Å². The molecule has 0 radical (unpaired) electrons. The molecule has 80 valence electrons. The molecule has 0 aromatic carbocycles. The van der Waals surface area contributed by atoms with E-state index in [0.717, 1.165) is 0 Å². The predicted octanol–water partition coefficient (Wildman–Crippen LogP) is 5.91. The molecule has 0 aliphatic rings. The summed E-state index contributed by atoms with van der Waals surface area (Å²) in [5.41, 5.74) is 0. The fraction of sp³-hybridized carbons (Fsp3) is 1.00. The highest BCUT2D eigenvalue weighted by atomic mass is 33.8. The summed E-state index contributed by atoms with van der Waals surface area (Å²) in [6.07, 6.45) is 5.34. The van der Waals surface area contributed by atoms with Crippen molar-refractivity contribution in [1.29, 1.82) is 0 Å². The Kier molecular flexibility index (Phi) is 15.6. The molecule has 0 aliphatic heterocycles. The van der Waals surface area contributed by atoms with Crippen molar-refractivity contribution in [3.8, 4) is 0 Å². The lowest BCUT2D eigenvalue weighted by molar-refractivity contribution is 0.898. The number of rotatable bonds is 10. The van der Waals surface area contributed by atoms with Gasteiger partial charge < -0.3 is 0 Å². The van der Waals surface area contributed by atoms with Gasteiger partial charge in [0.1, 0.15) is 0 Å². The van der Waals surface area contributed by atoms with Crippen LogP contribution in [0.4, 0.5) is 0 Å². The van der Waals surface area contributed by atoms with Crippen molar-refractivity contribution in [2.75, 3.05) is 11.5 Å². The molecule has 0 heterocycles. The van der Waals surface area contributed by atoms with Crippen LogP contribution < -0.4 is 0 Å². The van der Waals surface area contributed by atoms with Crippen LogP contribution in [-0.4, -0.2) is 11.5 Å². The van der Waals surface area contributed by atoms with E-state index in [-0.39, 0.29) is 0 Å². The standard InChI is InChI=1S/C8H18S5/c1-3-5-7-9-11-13-12-10-8-6-4-2/h3-8H2,1-2H3. The molecule has 0 spiro atoms. The fourth-order valence-corrected chi connectivity index (χ4v) is 9.70. The summed E-state index contributed by atoms with van der Waals surface area (Å²) in [5, 5.41) is 0. The molecule has 0 aliphatic carbocycles. The molecule has 0 atom stereocenters. The second kappa shape index (κ2) is 13.8. The van der Waals surface area contributed by atoms with Crippen LogP contribution in [0.2, 0.25) is 0 Å². The van der Waals surface area contributed by atoms with Gasteiger partial charge in [-0.05, 0) is 42.3 Å². The average molecular weight is 275 g/mol. The fourth-order valence-electron chi connectivity index (χ4n) is 0.525. The van der Waals surface area contributed by atoms with E-state index in [1.807, 2.05) is 51.1 Å². The van der Waals surface area contributed by atoms with Gasteiger partial charge in [-0.15, -0.1) is 0 Å². The van der Waals surface area contributed by atoms with E-state index in [2.05, 4.69) is 13.8 Å². The Bertz CT molecular complexity index is 78.6. The first-order chi connectivity index (χ1) is 6.41. The van der Waals surface area contributed by atoms with Gasteiger partial charge in [-0.2, -0.15) is 0 Å². The highest BCUT2D eigenvalue weighted by molar-refractivity contribution is 9.35. The molecular weight excluding hydrogens is 256 g/mol. The van der Waals surface area contributed by atoms with Crippen LogP contribution in [-0.2, 0) is 0 Å². The van der Waals surface area contributed by atoms with Crippen molar-refractivity contribution in [3.05, 3.63) is 0 Å². The molecule has 0 bridgehead atoms. The predicted molar refractivity (Wildman–Crippen MR) is 77.5 cm³/mol. The monoisotopic (exact) mass is 274 g/mol. The molecule has 0 unspecified atom stereocenters. The Morgan fingerprint density at radius 3 is 1.54 bits per heavy atom. The molecule has 0 aromatic heterocycles. The van der Waals surface area contributed by atoms with Gasteiger partial charge in [0, 0.05) is 11.5 Å². The van der Waals surface area contributed by atoms with Crippen LogP contribution in [0.1, 0.15) is 39.5 Å². The number of unbranched alkanes of at least 4 members (excludes halogenated alkanes) is 2. The maximum atomic E-state index is 2.24. The lowest BCUT2D eigenvalue weighted by Crippen LogP contribution is -1.71. The van der Waals surface area contributed by atoms with Gasteiger partial charge in [0.2, 0.25) is 0 Å². The molecule has 0 amide bonds. The first-order valence-corrected chi connectivity index (χ1v) is 11.1. The minimum Gasteiger partial charge on any atom is -0.0817 e. The molecule has 0 aromatic rings. The van der Waals surface area contributed by atoms with E-state index in [9.17, 15) is 0 Å². The van der Waals surface area contributed by atoms with Gasteiger partial charge in [-0.1, -0.05) is 48.3 Å². The highest BCUT2D eigenvalue weighted by Crippen LogP contribution is 2.48. The summed E-state index contributed by atoms with van der Waals surface area (Å²) in [6.45, 7) is 4.49. The molecule has 0 saturated carbocycles. The Labute approximate surface area is 102 Å². The Balaban J connectivity index is 2.76. The summed E-state index contributed by atoms with van der Waals surface area (Å²) < 4.78 is 0. The van der Waals surface area contributed by atoms with Gasteiger partial charge in [0.15, 0.2) is 0 Å². The summed E-state index contributed by atoms with van der Waals surface area (Å²) in [7, 11) is 9.74. The molecule has 0 nitrogen and oxygen atoms in total. The third-order valence-electron chi connectivity index (χ3n) is 1.31. The minimum absolute atomic E-state index is 1.30. The van der Waals surface area contributed by atoms with Crippen LogP contribution in [0, 0.1) is 0 Å². The third kappa shape index (κ3) is 13.8. The van der Waals surface area contributed by atoms with Crippen molar-refractivity contribution >= 4 is 51.1 Å². The molecular formula is C8H18S5. The lowest BCUT2D eigenvalue weighted by Gasteiger charge is -1.98. The summed E-state index contributed by atoms with van der Waals surface area (Å²) in [4.78, 5) is 0. The van der Waals surface area contributed by atoms with E-state index < -0.39 is 0 Å². The van der Waals surface area contributed by atoms with Crippen molar-refractivity contribution in [3.63, 3.8) is 0 Å². The topological polar surface area (TPSA) is 0 Å². The van der Waals surface area contributed by atoms with Crippen LogP contribution in [0.5, 0.6) is 0 Å². The molecule has 5 heteroatoms. The zero-order valence-corrected chi connectivity index (χ0v) is 12.4. The van der Waals surface area contributed by atoms with Gasteiger partial charge in [0.05, 0.1) is 0 Å². The summed E-state index contributed by atoms with van der Waals surface area (Å²) in [6, 6.07) is 0. The zero-order chi connectivity index (χ0) is 9.78. The number of hydrogen-bond acceptors (Lipinski definition) is 5. The first kappa shape index (κ1) is 14.8. The molecule has 13 heavy (non-hydrogen) atoms. The van der Waals surface area contributed by atoms with E-state index >= 15 is 0 Å². The quantitative estimate of drug-likeness (QED) is 0.357. The minimum atomic E-state index is 1.30.